The molecule has 1 atom stereocenters. The minimum Gasteiger partial charge on any atom is -0.439 e. The van der Waals surface area contributed by atoms with Crippen molar-refractivity contribution in [2.24, 2.45) is 0 Å². The zero-order chi connectivity index (χ0) is 24.1. The molecule has 3 aromatic rings. The Kier molecular flexibility index (Phi) is 7.58. The lowest BCUT2D eigenvalue weighted by Crippen LogP contribution is -2.36. The summed E-state index contributed by atoms with van der Waals surface area (Å²) in [6.45, 7) is 3.08. The maximum Gasteiger partial charge on any atom is 0.227 e. The molecule has 8 heteroatoms. The van der Waals surface area contributed by atoms with Gasteiger partial charge in [-0.2, -0.15) is 5.10 Å². The summed E-state index contributed by atoms with van der Waals surface area (Å²) in [5.41, 5.74) is 2.20. The molecule has 1 aliphatic carbocycles. The lowest BCUT2D eigenvalue weighted by atomic mass is 10.2. The van der Waals surface area contributed by atoms with Crippen LogP contribution in [0.2, 0.25) is 0 Å². The van der Waals surface area contributed by atoms with Gasteiger partial charge in [0.05, 0.1) is 29.7 Å². The predicted octanol–water partition coefficient (Wildman–Crippen LogP) is 4.23. The molecule has 2 aromatic carbocycles. The van der Waals surface area contributed by atoms with E-state index in [4.69, 9.17) is 15.9 Å². The zero-order valence-corrected chi connectivity index (χ0v) is 19.0. The third-order valence-electron chi connectivity index (χ3n) is 5.60. The van der Waals surface area contributed by atoms with Gasteiger partial charge in [-0.05, 0) is 68.3 Å². The van der Waals surface area contributed by atoms with Crippen LogP contribution in [0.5, 0.6) is 11.6 Å². The van der Waals surface area contributed by atoms with Gasteiger partial charge in [-0.3, -0.25) is 4.90 Å². The SMILES string of the molecule is C#CCOC[C@@H](O)CN(Cc1c(C)nn(-c2ccc(F)cc2)c1Oc1ccc(F)cc1)C1CC1. The van der Waals surface area contributed by atoms with E-state index in [1.165, 1.54) is 24.3 Å². The standard InChI is InChI=1S/C26H27F2N3O3/c1-3-14-33-17-23(32)15-30(21-10-11-21)16-25-18(2)29-31(22-8-4-19(27)5-9-22)26(25)34-24-12-6-20(28)7-13-24/h1,4-9,12-13,21,23,32H,10-11,14-17H2,2H3/t23-/m0/s1. The van der Waals surface area contributed by atoms with Gasteiger partial charge in [0.2, 0.25) is 5.88 Å². The molecule has 0 spiro atoms. The highest BCUT2D eigenvalue weighted by Gasteiger charge is 2.32. The number of nitrogens with zero attached hydrogens (tertiary/aromatic N) is 3. The summed E-state index contributed by atoms with van der Waals surface area (Å²) >= 11 is 0. The van der Waals surface area contributed by atoms with Gasteiger partial charge in [-0.1, -0.05) is 5.92 Å². The summed E-state index contributed by atoms with van der Waals surface area (Å²) in [6.07, 6.45) is 6.59. The number of benzene rings is 2. The van der Waals surface area contributed by atoms with Crippen molar-refractivity contribution in [1.29, 1.82) is 0 Å². The highest BCUT2D eigenvalue weighted by atomic mass is 19.1. The number of aryl methyl sites for hydroxylation is 1. The van der Waals surface area contributed by atoms with Crippen LogP contribution in [0.3, 0.4) is 0 Å². The molecule has 0 aliphatic heterocycles. The minimum atomic E-state index is -0.692. The van der Waals surface area contributed by atoms with Crippen LogP contribution in [0.1, 0.15) is 24.1 Å². The van der Waals surface area contributed by atoms with Crippen LogP contribution in [-0.4, -0.2) is 51.7 Å². The monoisotopic (exact) mass is 467 g/mol. The van der Waals surface area contributed by atoms with Crippen molar-refractivity contribution in [3.63, 3.8) is 0 Å². The van der Waals surface area contributed by atoms with Crippen LogP contribution in [-0.2, 0) is 11.3 Å². The number of aliphatic hydroxyl groups excluding tert-OH is 1. The third-order valence-corrected chi connectivity index (χ3v) is 5.60. The van der Waals surface area contributed by atoms with Crippen molar-refractivity contribution in [2.75, 3.05) is 19.8 Å². The Morgan fingerprint density at radius 1 is 1.15 bits per heavy atom. The number of hydrogen-bond donors (Lipinski definition) is 1. The smallest absolute Gasteiger partial charge is 0.227 e. The summed E-state index contributed by atoms with van der Waals surface area (Å²) < 4.78 is 40.1. The molecule has 34 heavy (non-hydrogen) atoms. The quantitative estimate of drug-likeness (QED) is 0.338. The number of ether oxygens (including phenoxy) is 2. The molecule has 0 bridgehead atoms. The summed E-state index contributed by atoms with van der Waals surface area (Å²) in [6, 6.07) is 12.0. The average Bonchev–Trinajstić information content (AvgIpc) is 3.62. The fourth-order valence-corrected chi connectivity index (χ4v) is 3.76. The van der Waals surface area contributed by atoms with Crippen LogP contribution in [0.25, 0.3) is 5.69 Å². The van der Waals surface area contributed by atoms with E-state index < -0.39 is 6.10 Å². The number of aromatic nitrogens is 2. The van der Waals surface area contributed by atoms with E-state index in [-0.39, 0.29) is 24.8 Å². The fraction of sp³-hybridized carbons (Fsp3) is 0.346. The predicted molar refractivity (Wildman–Crippen MR) is 124 cm³/mol. The van der Waals surface area contributed by atoms with Gasteiger partial charge >= 0.3 is 0 Å². The molecular formula is C26H27F2N3O3. The Bertz CT molecular complexity index is 1140. The summed E-state index contributed by atoms with van der Waals surface area (Å²) in [7, 11) is 0. The van der Waals surface area contributed by atoms with Crippen molar-refractivity contribution in [3.8, 4) is 29.7 Å². The molecule has 0 radical (unpaired) electrons. The van der Waals surface area contributed by atoms with E-state index in [9.17, 15) is 13.9 Å². The lowest BCUT2D eigenvalue weighted by molar-refractivity contribution is 0.0241. The van der Waals surface area contributed by atoms with Gasteiger partial charge < -0.3 is 14.6 Å². The second kappa shape index (κ2) is 10.8. The number of terminal acetylenes is 1. The number of rotatable bonds is 11. The van der Waals surface area contributed by atoms with E-state index in [1.807, 2.05) is 6.92 Å². The van der Waals surface area contributed by atoms with Crippen LogP contribution < -0.4 is 4.74 Å². The fourth-order valence-electron chi connectivity index (χ4n) is 3.76. The summed E-state index contributed by atoms with van der Waals surface area (Å²) in [5.74, 6) is 2.59. The third kappa shape index (κ3) is 6.00. The first-order valence-corrected chi connectivity index (χ1v) is 11.2. The average molecular weight is 468 g/mol. The molecule has 1 N–H and O–H groups in total. The van der Waals surface area contributed by atoms with E-state index in [2.05, 4.69) is 15.9 Å². The van der Waals surface area contributed by atoms with Crippen molar-refractivity contribution in [2.45, 2.75) is 38.5 Å². The maximum atomic E-state index is 13.5. The second-order valence-electron chi connectivity index (χ2n) is 8.35. The molecule has 4 rings (SSSR count). The molecule has 0 saturated heterocycles. The van der Waals surface area contributed by atoms with E-state index in [1.54, 1.807) is 28.9 Å². The van der Waals surface area contributed by atoms with Crippen molar-refractivity contribution < 1.29 is 23.4 Å². The molecular weight excluding hydrogens is 440 g/mol. The number of hydrogen-bond acceptors (Lipinski definition) is 5. The van der Waals surface area contributed by atoms with Crippen molar-refractivity contribution in [3.05, 3.63) is 71.4 Å². The van der Waals surface area contributed by atoms with E-state index in [0.29, 0.717) is 36.4 Å². The van der Waals surface area contributed by atoms with Crippen molar-refractivity contribution in [1.82, 2.24) is 14.7 Å². The van der Waals surface area contributed by atoms with Crippen LogP contribution in [0.15, 0.2) is 48.5 Å². The minimum absolute atomic E-state index is 0.152. The Morgan fingerprint density at radius 2 is 1.79 bits per heavy atom. The molecule has 178 valence electrons. The molecule has 1 aromatic heterocycles. The first-order valence-electron chi connectivity index (χ1n) is 11.2. The number of halogens is 2. The topological polar surface area (TPSA) is 59.8 Å². The molecule has 1 aliphatic rings. The molecule has 1 saturated carbocycles. The van der Waals surface area contributed by atoms with Crippen LogP contribution in [0.4, 0.5) is 8.78 Å². The van der Waals surface area contributed by atoms with Crippen LogP contribution >= 0.6 is 0 Å². The van der Waals surface area contributed by atoms with Gasteiger partial charge in [0.15, 0.2) is 0 Å². The largest absolute Gasteiger partial charge is 0.439 e. The summed E-state index contributed by atoms with van der Waals surface area (Å²) in [5, 5.41) is 15.1. The van der Waals surface area contributed by atoms with E-state index >= 15 is 0 Å². The molecule has 6 nitrogen and oxygen atoms in total. The molecule has 1 fully saturated rings. The zero-order valence-electron chi connectivity index (χ0n) is 19.0. The Balaban J connectivity index is 1.64. The summed E-state index contributed by atoms with van der Waals surface area (Å²) in [4.78, 5) is 2.18. The van der Waals surface area contributed by atoms with Crippen molar-refractivity contribution >= 4 is 0 Å². The van der Waals surface area contributed by atoms with Gasteiger partial charge in [0.25, 0.3) is 0 Å². The first-order chi connectivity index (χ1) is 16.4. The van der Waals surface area contributed by atoms with E-state index in [0.717, 1.165) is 24.1 Å². The van der Waals surface area contributed by atoms with Gasteiger partial charge in [0.1, 0.15) is 24.0 Å². The highest BCUT2D eigenvalue weighted by Crippen LogP contribution is 2.35. The Labute approximate surface area is 197 Å². The van der Waals surface area contributed by atoms with Gasteiger partial charge in [-0.15, -0.1) is 6.42 Å². The normalized spacial score (nSPS) is 14.2. The van der Waals surface area contributed by atoms with Gasteiger partial charge in [0, 0.05) is 19.1 Å². The first kappa shape index (κ1) is 23.9. The van der Waals surface area contributed by atoms with Gasteiger partial charge in [-0.25, -0.2) is 13.5 Å². The molecule has 0 amide bonds. The highest BCUT2D eigenvalue weighted by molar-refractivity contribution is 5.43. The van der Waals surface area contributed by atoms with Crippen LogP contribution in [0, 0.1) is 30.9 Å². The Morgan fingerprint density at radius 3 is 2.41 bits per heavy atom. The molecule has 1 heterocycles. The second-order valence-corrected chi connectivity index (χ2v) is 8.35. The molecule has 0 unspecified atom stereocenters. The maximum absolute atomic E-state index is 13.5. The Hall–Kier alpha value is -3.25. The number of aliphatic hydroxyl groups is 1. The lowest BCUT2D eigenvalue weighted by Gasteiger charge is -2.25.